The molecule has 0 fully saturated rings. The van der Waals surface area contributed by atoms with Crippen LogP contribution in [0.2, 0.25) is 0 Å². The fourth-order valence-corrected chi connectivity index (χ4v) is 2.87. The number of halogens is 4. The van der Waals surface area contributed by atoms with Crippen molar-refractivity contribution < 1.29 is 31.8 Å². The van der Waals surface area contributed by atoms with E-state index < -0.39 is 35.6 Å². The van der Waals surface area contributed by atoms with Crippen molar-refractivity contribution in [2.24, 2.45) is 0 Å². The van der Waals surface area contributed by atoms with Crippen LogP contribution in [-0.2, 0) is 17.5 Å². The summed E-state index contributed by atoms with van der Waals surface area (Å²) in [6, 6.07) is 9.66. The van der Waals surface area contributed by atoms with E-state index in [0.717, 1.165) is 10.7 Å². The van der Waals surface area contributed by atoms with Gasteiger partial charge in [-0.25, -0.2) is 9.07 Å². The topological polar surface area (TPSA) is 82.5 Å². The first-order valence-corrected chi connectivity index (χ1v) is 9.09. The van der Waals surface area contributed by atoms with Gasteiger partial charge in [-0.3, -0.25) is 9.59 Å². The van der Waals surface area contributed by atoms with Gasteiger partial charge in [0.05, 0.1) is 25.5 Å². The lowest BCUT2D eigenvalue weighted by Crippen LogP contribution is -2.29. The molecule has 1 heterocycles. The number of methoxy groups -OCH3 is 2. The van der Waals surface area contributed by atoms with Crippen molar-refractivity contribution in [1.82, 2.24) is 9.78 Å². The molecule has 32 heavy (non-hydrogen) atoms. The molecule has 0 aliphatic rings. The molecule has 3 aromatic rings. The maximum Gasteiger partial charge on any atom is 0.419 e. The van der Waals surface area contributed by atoms with Crippen molar-refractivity contribution in [2.45, 2.75) is 12.7 Å². The highest BCUT2D eigenvalue weighted by atomic mass is 19.4. The molecule has 1 aromatic heterocycles. The van der Waals surface area contributed by atoms with Crippen molar-refractivity contribution in [2.75, 3.05) is 19.5 Å². The number of aromatic nitrogens is 2. The third-order valence-electron chi connectivity index (χ3n) is 4.39. The monoisotopic (exact) mass is 451 g/mol. The number of hydrogen-bond acceptors (Lipinski definition) is 5. The minimum Gasteiger partial charge on any atom is -0.493 e. The van der Waals surface area contributed by atoms with Gasteiger partial charge in [0.25, 0.3) is 5.56 Å². The maximum atomic E-state index is 13.4. The number of amides is 1. The summed E-state index contributed by atoms with van der Waals surface area (Å²) in [7, 11) is 2.94. The fraction of sp³-hybridized carbons (Fsp3) is 0.190. The summed E-state index contributed by atoms with van der Waals surface area (Å²) in [5.74, 6) is -1.36. The molecule has 2 aromatic carbocycles. The van der Waals surface area contributed by atoms with Gasteiger partial charge in [-0.05, 0) is 42.5 Å². The Kier molecular flexibility index (Phi) is 6.47. The van der Waals surface area contributed by atoms with Crippen LogP contribution in [0.5, 0.6) is 11.5 Å². The van der Waals surface area contributed by atoms with Gasteiger partial charge >= 0.3 is 6.18 Å². The molecular formula is C21H17F4N3O4. The van der Waals surface area contributed by atoms with Gasteiger partial charge in [0.2, 0.25) is 5.91 Å². The lowest BCUT2D eigenvalue weighted by Gasteiger charge is -2.12. The van der Waals surface area contributed by atoms with Crippen LogP contribution in [0.15, 0.2) is 53.3 Å². The quantitative estimate of drug-likeness (QED) is 0.578. The van der Waals surface area contributed by atoms with Crippen molar-refractivity contribution in [3.8, 4) is 22.8 Å². The third kappa shape index (κ3) is 5.05. The number of anilines is 1. The lowest BCUT2D eigenvalue weighted by molar-refractivity contribution is -0.140. The normalized spacial score (nSPS) is 11.2. The van der Waals surface area contributed by atoms with Crippen LogP contribution in [0.4, 0.5) is 23.2 Å². The average Bonchev–Trinajstić information content (AvgIpc) is 2.75. The van der Waals surface area contributed by atoms with Crippen molar-refractivity contribution >= 4 is 11.6 Å². The van der Waals surface area contributed by atoms with E-state index in [-0.39, 0.29) is 5.69 Å². The fourth-order valence-electron chi connectivity index (χ4n) is 2.87. The van der Waals surface area contributed by atoms with E-state index in [1.807, 2.05) is 0 Å². The Morgan fingerprint density at radius 3 is 2.41 bits per heavy atom. The highest BCUT2D eigenvalue weighted by Gasteiger charge is 2.34. The molecule has 0 spiro atoms. The van der Waals surface area contributed by atoms with Crippen molar-refractivity contribution in [3.05, 3.63) is 70.3 Å². The Bertz CT molecular complexity index is 1210. The molecule has 0 aliphatic carbocycles. The Hall–Kier alpha value is -3.89. The van der Waals surface area contributed by atoms with Crippen LogP contribution in [0, 0.1) is 5.82 Å². The summed E-state index contributed by atoms with van der Waals surface area (Å²) >= 11 is 0. The third-order valence-corrected chi connectivity index (χ3v) is 4.39. The molecule has 1 amide bonds. The van der Waals surface area contributed by atoms with Gasteiger partial charge < -0.3 is 14.8 Å². The second-order valence-electron chi connectivity index (χ2n) is 6.52. The second kappa shape index (κ2) is 9.08. The van der Waals surface area contributed by atoms with Gasteiger partial charge in [-0.1, -0.05) is 0 Å². The minimum absolute atomic E-state index is 0.271. The minimum atomic E-state index is -4.92. The average molecular weight is 451 g/mol. The summed E-state index contributed by atoms with van der Waals surface area (Å²) in [6.45, 7) is -0.571. The zero-order valence-corrected chi connectivity index (χ0v) is 16.9. The number of ether oxygens (including phenoxy) is 2. The molecule has 1 N–H and O–H groups in total. The van der Waals surface area contributed by atoms with E-state index in [0.29, 0.717) is 34.9 Å². The first-order chi connectivity index (χ1) is 15.1. The number of nitrogens with zero attached hydrogens (tertiary/aromatic N) is 2. The number of carbonyl (C=O) groups is 1. The summed E-state index contributed by atoms with van der Waals surface area (Å²) < 4.78 is 63.2. The molecule has 0 unspecified atom stereocenters. The first kappa shape index (κ1) is 22.8. The summed E-state index contributed by atoms with van der Waals surface area (Å²) in [5.41, 5.74) is -1.46. The number of hydrogen-bond donors (Lipinski definition) is 1. The van der Waals surface area contributed by atoms with E-state index >= 15 is 0 Å². The van der Waals surface area contributed by atoms with Crippen molar-refractivity contribution in [1.29, 1.82) is 0 Å². The molecular weight excluding hydrogens is 434 g/mol. The maximum absolute atomic E-state index is 13.4. The smallest absolute Gasteiger partial charge is 0.419 e. The SMILES string of the molecule is COc1ccc(-c2ccc(=O)n(CC(=O)Nc3ccc(F)c(C(F)(F)F)c3)n2)cc1OC. The zero-order chi connectivity index (χ0) is 23.5. The summed E-state index contributed by atoms with van der Waals surface area (Å²) in [4.78, 5) is 24.4. The molecule has 0 saturated carbocycles. The van der Waals surface area contributed by atoms with Gasteiger partial charge in [-0.2, -0.15) is 18.3 Å². The Morgan fingerprint density at radius 2 is 1.75 bits per heavy atom. The first-order valence-electron chi connectivity index (χ1n) is 9.09. The van der Waals surface area contributed by atoms with Gasteiger partial charge in [0, 0.05) is 17.3 Å². The van der Waals surface area contributed by atoms with Crippen LogP contribution in [-0.4, -0.2) is 29.9 Å². The van der Waals surface area contributed by atoms with Crippen LogP contribution in [0.1, 0.15) is 5.56 Å². The highest BCUT2D eigenvalue weighted by molar-refractivity contribution is 5.90. The predicted molar refractivity (Wildman–Crippen MR) is 107 cm³/mol. The Labute approximate surface area is 179 Å². The Balaban J connectivity index is 1.83. The van der Waals surface area contributed by atoms with Crippen LogP contribution >= 0.6 is 0 Å². The molecule has 7 nitrogen and oxygen atoms in total. The van der Waals surface area contributed by atoms with Gasteiger partial charge in [0.1, 0.15) is 12.4 Å². The lowest BCUT2D eigenvalue weighted by atomic mass is 10.1. The highest BCUT2D eigenvalue weighted by Crippen LogP contribution is 2.33. The van der Waals surface area contributed by atoms with Crippen LogP contribution < -0.4 is 20.3 Å². The van der Waals surface area contributed by atoms with Crippen molar-refractivity contribution in [3.63, 3.8) is 0 Å². The van der Waals surface area contributed by atoms with E-state index in [1.54, 1.807) is 18.2 Å². The number of benzene rings is 2. The summed E-state index contributed by atoms with van der Waals surface area (Å²) in [6.07, 6.45) is -4.92. The second-order valence-corrected chi connectivity index (χ2v) is 6.52. The molecule has 11 heteroatoms. The van der Waals surface area contributed by atoms with Crippen LogP contribution in [0.3, 0.4) is 0 Å². The number of nitrogens with one attached hydrogen (secondary N) is 1. The molecule has 0 aliphatic heterocycles. The number of carbonyl (C=O) groups excluding carboxylic acids is 1. The molecule has 0 radical (unpaired) electrons. The molecule has 168 valence electrons. The number of rotatable bonds is 6. The summed E-state index contributed by atoms with van der Waals surface area (Å²) in [5, 5.41) is 6.34. The molecule has 0 atom stereocenters. The van der Waals surface area contributed by atoms with E-state index in [9.17, 15) is 27.2 Å². The van der Waals surface area contributed by atoms with Gasteiger partial charge in [0.15, 0.2) is 11.5 Å². The molecule has 3 rings (SSSR count). The molecule has 0 bridgehead atoms. The standard InChI is InChI=1S/C21H17F4N3O4/c1-31-17-7-3-12(9-18(17)32-2)16-6-8-20(30)28(27-16)11-19(29)26-13-4-5-15(22)14(10-13)21(23,24)25/h3-10H,11H2,1-2H3,(H,26,29). The molecule has 0 saturated heterocycles. The Morgan fingerprint density at radius 1 is 1.03 bits per heavy atom. The number of alkyl halides is 3. The van der Waals surface area contributed by atoms with Crippen LogP contribution in [0.25, 0.3) is 11.3 Å². The van der Waals surface area contributed by atoms with E-state index in [1.165, 1.54) is 26.4 Å². The van der Waals surface area contributed by atoms with E-state index in [2.05, 4.69) is 10.4 Å². The predicted octanol–water partition coefficient (Wildman–Crippen LogP) is 3.72. The van der Waals surface area contributed by atoms with Gasteiger partial charge in [-0.15, -0.1) is 0 Å². The van der Waals surface area contributed by atoms with E-state index in [4.69, 9.17) is 9.47 Å². The zero-order valence-electron chi connectivity index (χ0n) is 16.9. The largest absolute Gasteiger partial charge is 0.493 e.